The topological polar surface area (TPSA) is 29.5 Å². The van der Waals surface area contributed by atoms with Crippen LogP contribution >= 0.6 is 0 Å². The molecule has 128 valence electrons. The van der Waals surface area contributed by atoms with Crippen LogP contribution in [-0.2, 0) is 0 Å². The van der Waals surface area contributed by atoms with Crippen molar-refractivity contribution in [2.24, 2.45) is 0 Å². The minimum absolute atomic E-state index is 0.0493. The second-order valence-corrected chi connectivity index (χ2v) is 6.28. The lowest BCUT2D eigenvalue weighted by Crippen LogP contribution is -2.19. The van der Waals surface area contributed by atoms with E-state index in [0.717, 1.165) is 18.4 Å². The summed E-state index contributed by atoms with van der Waals surface area (Å²) in [6, 6.07) is 13.5. The number of aliphatic hydroxyl groups excluding tert-OH is 1. The summed E-state index contributed by atoms with van der Waals surface area (Å²) in [5.41, 5.74) is 2.96. The summed E-state index contributed by atoms with van der Waals surface area (Å²) in [7, 11) is 0. The zero-order valence-electron chi connectivity index (χ0n) is 13.3. The highest BCUT2D eigenvalue weighted by Gasteiger charge is 2.32. The van der Waals surface area contributed by atoms with Gasteiger partial charge in [0.05, 0.1) is 6.10 Å². The van der Waals surface area contributed by atoms with E-state index in [1.54, 1.807) is 0 Å². The molecule has 3 unspecified atom stereocenters. The van der Waals surface area contributed by atoms with E-state index in [9.17, 15) is 18.3 Å². The number of alkyl halides is 3. The first kappa shape index (κ1) is 16.8. The van der Waals surface area contributed by atoms with Gasteiger partial charge in [-0.1, -0.05) is 43.3 Å². The van der Waals surface area contributed by atoms with Gasteiger partial charge in [-0.05, 0) is 47.6 Å². The zero-order chi connectivity index (χ0) is 17.3. The fraction of sp³-hybridized carbons (Fsp3) is 0.368. The molecule has 24 heavy (non-hydrogen) atoms. The molecule has 0 fully saturated rings. The second-order valence-electron chi connectivity index (χ2n) is 6.28. The van der Waals surface area contributed by atoms with Crippen LogP contribution in [0.3, 0.4) is 0 Å². The van der Waals surface area contributed by atoms with Crippen LogP contribution in [-0.4, -0.2) is 11.5 Å². The van der Waals surface area contributed by atoms with Crippen molar-refractivity contribution in [1.29, 1.82) is 0 Å². The molecule has 0 spiro atoms. The maximum absolute atomic E-state index is 12.2. The molecular formula is C19H19F3O2. The predicted octanol–water partition coefficient (Wildman–Crippen LogP) is 5.30. The van der Waals surface area contributed by atoms with Crippen molar-refractivity contribution >= 4 is 0 Å². The molecule has 0 saturated carbocycles. The molecule has 2 aromatic rings. The Bertz CT molecular complexity index is 695. The molecule has 1 N–H and O–H groups in total. The summed E-state index contributed by atoms with van der Waals surface area (Å²) in [5, 5.41) is 10.7. The molecule has 2 nitrogen and oxygen atoms in total. The summed E-state index contributed by atoms with van der Waals surface area (Å²) in [4.78, 5) is 0. The molecule has 5 heteroatoms. The quantitative estimate of drug-likeness (QED) is 0.824. The molecule has 0 radical (unpaired) electrons. The summed E-state index contributed by atoms with van der Waals surface area (Å²) in [5.74, 6) is 0.120. The molecule has 0 amide bonds. The van der Waals surface area contributed by atoms with E-state index in [1.807, 2.05) is 18.2 Å². The summed E-state index contributed by atoms with van der Waals surface area (Å²) < 4.78 is 40.5. The van der Waals surface area contributed by atoms with Gasteiger partial charge in [0.15, 0.2) is 0 Å². The zero-order valence-corrected chi connectivity index (χ0v) is 13.3. The van der Waals surface area contributed by atoms with Gasteiger partial charge >= 0.3 is 6.36 Å². The van der Waals surface area contributed by atoms with Crippen LogP contribution in [0, 0.1) is 0 Å². The van der Waals surface area contributed by atoms with Gasteiger partial charge in [0.2, 0.25) is 0 Å². The van der Waals surface area contributed by atoms with Crippen molar-refractivity contribution in [2.75, 3.05) is 0 Å². The first-order valence-electron chi connectivity index (χ1n) is 7.98. The predicted molar refractivity (Wildman–Crippen MR) is 84.9 cm³/mol. The SMILES string of the molecule is CC1CCC(C(O)c2ccc(OC(F)(F)F)cc2)c2ccccc21. The number of benzene rings is 2. The largest absolute Gasteiger partial charge is 0.573 e. The Labute approximate surface area is 138 Å². The Kier molecular flexibility index (Phi) is 4.54. The second kappa shape index (κ2) is 6.48. The third kappa shape index (κ3) is 3.56. The Morgan fingerprint density at radius 3 is 2.25 bits per heavy atom. The molecular weight excluding hydrogens is 317 g/mol. The van der Waals surface area contributed by atoms with E-state index in [4.69, 9.17) is 0 Å². The molecule has 2 aromatic carbocycles. The number of hydrogen-bond acceptors (Lipinski definition) is 2. The lowest BCUT2D eigenvalue weighted by molar-refractivity contribution is -0.274. The van der Waals surface area contributed by atoms with E-state index in [0.29, 0.717) is 11.5 Å². The number of hydrogen-bond donors (Lipinski definition) is 1. The highest BCUT2D eigenvalue weighted by molar-refractivity contribution is 5.38. The number of ether oxygens (including phenoxy) is 1. The first-order valence-corrected chi connectivity index (χ1v) is 7.98. The molecule has 0 aliphatic heterocycles. The van der Waals surface area contributed by atoms with Crippen molar-refractivity contribution < 1.29 is 23.0 Å². The fourth-order valence-electron chi connectivity index (χ4n) is 3.46. The van der Waals surface area contributed by atoms with Gasteiger partial charge in [-0.25, -0.2) is 0 Å². The lowest BCUT2D eigenvalue weighted by Gasteiger charge is -2.33. The monoisotopic (exact) mass is 336 g/mol. The minimum Gasteiger partial charge on any atom is -0.406 e. The standard InChI is InChI=1S/C19H19F3O2/c1-12-6-11-17(16-5-3-2-4-15(12)16)18(23)13-7-9-14(10-8-13)24-19(20,21)22/h2-5,7-10,12,17-18,23H,6,11H2,1H3. The van der Waals surface area contributed by atoms with Crippen molar-refractivity contribution in [3.63, 3.8) is 0 Å². The van der Waals surface area contributed by atoms with Crippen LogP contribution in [0.1, 0.15) is 54.4 Å². The maximum atomic E-state index is 12.2. The molecule has 0 saturated heterocycles. The van der Waals surface area contributed by atoms with Gasteiger partial charge in [-0.2, -0.15) is 0 Å². The van der Waals surface area contributed by atoms with Crippen LogP contribution < -0.4 is 4.74 Å². The first-order chi connectivity index (χ1) is 11.3. The van der Waals surface area contributed by atoms with Gasteiger partial charge in [-0.3, -0.25) is 0 Å². The number of fused-ring (bicyclic) bond motifs is 1. The van der Waals surface area contributed by atoms with Crippen LogP contribution in [0.15, 0.2) is 48.5 Å². The summed E-state index contributed by atoms with van der Waals surface area (Å²) >= 11 is 0. The Morgan fingerprint density at radius 2 is 1.62 bits per heavy atom. The average Bonchev–Trinajstić information content (AvgIpc) is 2.54. The molecule has 3 rings (SSSR count). The van der Waals surface area contributed by atoms with E-state index >= 15 is 0 Å². The summed E-state index contributed by atoms with van der Waals surface area (Å²) in [6.45, 7) is 2.17. The normalized spacial score (nSPS) is 21.9. The smallest absolute Gasteiger partial charge is 0.406 e. The van der Waals surface area contributed by atoms with E-state index < -0.39 is 12.5 Å². The van der Waals surface area contributed by atoms with Crippen LogP contribution in [0.2, 0.25) is 0 Å². The van der Waals surface area contributed by atoms with E-state index in [-0.39, 0.29) is 11.7 Å². The molecule has 3 atom stereocenters. The third-order valence-electron chi connectivity index (χ3n) is 4.67. The number of halogens is 3. The van der Waals surface area contributed by atoms with Gasteiger partial charge in [0, 0.05) is 5.92 Å². The van der Waals surface area contributed by atoms with Crippen molar-refractivity contribution in [3.05, 3.63) is 65.2 Å². The summed E-state index contributed by atoms with van der Waals surface area (Å²) in [6.07, 6.45) is -3.63. The molecule has 0 aromatic heterocycles. The Hall–Kier alpha value is -2.01. The highest BCUT2D eigenvalue weighted by atomic mass is 19.4. The number of aliphatic hydroxyl groups is 1. The Morgan fingerprint density at radius 1 is 1.00 bits per heavy atom. The van der Waals surface area contributed by atoms with E-state index in [1.165, 1.54) is 29.8 Å². The van der Waals surface area contributed by atoms with Crippen molar-refractivity contribution in [1.82, 2.24) is 0 Å². The van der Waals surface area contributed by atoms with Gasteiger partial charge in [-0.15, -0.1) is 13.2 Å². The highest BCUT2D eigenvalue weighted by Crippen LogP contribution is 2.44. The van der Waals surface area contributed by atoms with Crippen molar-refractivity contribution in [2.45, 2.75) is 44.1 Å². The van der Waals surface area contributed by atoms with E-state index in [2.05, 4.69) is 17.7 Å². The van der Waals surface area contributed by atoms with Crippen LogP contribution in [0.25, 0.3) is 0 Å². The average molecular weight is 336 g/mol. The molecule has 1 aliphatic carbocycles. The lowest BCUT2D eigenvalue weighted by atomic mass is 9.74. The van der Waals surface area contributed by atoms with Gasteiger partial charge in [0.1, 0.15) is 5.75 Å². The van der Waals surface area contributed by atoms with Gasteiger partial charge < -0.3 is 9.84 Å². The third-order valence-corrected chi connectivity index (χ3v) is 4.67. The minimum atomic E-state index is -4.71. The van der Waals surface area contributed by atoms with Crippen LogP contribution in [0.5, 0.6) is 5.75 Å². The van der Waals surface area contributed by atoms with Gasteiger partial charge in [0.25, 0.3) is 0 Å². The molecule has 0 bridgehead atoms. The number of rotatable bonds is 3. The molecule has 1 aliphatic rings. The molecule has 0 heterocycles. The fourth-order valence-corrected chi connectivity index (χ4v) is 3.46. The van der Waals surface area contributed by atoms with Crippen molar-refractivity contribution in [3.8, 4) is 5.75 Å². The van der Waals surface area contributed by atoms with Crippen LogP contribution in [0.4, 0.5) is 13.2 Å². The Balaban J connectivity index is 1.82. The maximum Gasteiger partial charge on any atom is 0.573 e.